The number of halogens is 1. The standard InChI is InChI=1S/C29H29BrN4O4/c1-4-5-14-38-24-11-9-22(10-12-24)31-28(36)29(37)33-34-25-13-7-21(30)16-20(25)17-26(34)27(35)32-23-8-6-18(2)19(3)15-23/h6-13,15-17H,4-5,14H2,1-3H3,(H,31,36)(H,32,35)(H,33,37). The first kappa shape index (κ1) is 26.9. The SMILES string of the molecule is CCCCOc1ccc(NC(=O)C(=O)Nn2c(C(=O)Nc3ccc(C)c(C)c3)cc3cc(Br)ccc32)cc1. The van der Waals surface area contributed by atoms with Gasteiger partial charge in [-0.2, -0.15) is 0 Å². The van der Waals surface area contributed by atoms with E-state index in [4.69, 9.17) is 4.74 Å². The van der Waals surface area contributed by atoms with Gasteiger partial charge in [0.15, 0.2) is 0 Å². The summed E-state index contributed by atoms with van der Waals surface area (Å²) in [7, 11) is 0. The summed E-state index contributed by atoms with van der Waals surface area (Å²) in [6, 6.07) is 19.4. The molecule has 0 bridgehead atoms. The monoisotopic (exact) mass is 576 g/mol. The molecule has 3 aromatic carbocycles. The van der Waals surface area contributed by atoms with Crippen LogP contribution in [0.3, 0.4) is 0 Å². The van der Waals surface area contributed by atoms with E-state index >= 15 is 0 Å². The van der Waals surface area contributed by atoms with Gasteiger partial charge in [0.25, 0.3) is 5.91 Å². The number of fused-ring (bicyclic) bond motifs is 1. The lowest BCUT2D eigenvalue weighted by Gasteiger charge is -2.13. The van der Waals surface area contributed by atoms with E-state index in [9.17, 15) is 14.4 Å². The van der Waals surface area contributed by atoms with Crippen LogP contribution in [-0.2, 0) is 9.59 Å². The van der Waals surface area contributed by atoms with Gasteiger partial charge in [-0.25, -0.2) is 4.68 Å². The molecule has 4 aromatic rings. The van der Waals surface area contributed by atoms with Gasteiger partial charge in [0, 0.05) is 21.2 Å². The minimum atomic E-state index is -0.922. The fourth-order valence-corrected chi connectivity index (χ4v) is 4.18. The Morgan fingerprint density at radius 3 is 2.29 bits per heavy atom. The van der Waals surface area contributed by atoms with Crippen LogP contribution in [0.15, 0.2) is 71.2 Å². The maximum atomic E-state index is 13.2. The van der Waals surface area contributed by atoms with Crippen molar-refractivity contribution >= 4 is 55.9 Å². The predicted molar refractivity (Wildman–Crippen MR) is 153 cm³/mol. The third-order valence-electron chi connectivity index (χ3n) is 6.06. The molecule has 1 heterocycles. The lowest BCUT2D eigenvalue weighted by atomic mass is 10.1. The van der Waals surface area contributed by atoms with Crippen LogP contribution in [0, 0.1) is 13.8 Å². The highest BCUT2D eigenvalue weighted by atomic mass is 79.9. The molecule has 196 valence electrons. The number of benzene rings is 3. The zero-order chi connectivity index (χ0) is 27.2. The average molecular weight is 577 g/mol. The van der Waals surface area contributed by atoms with Crippen molar-refractivity contribution < 1.29 is 19.1 Å². The molecule has 3 amide bonds. The number of rotatable bonds is 8. The van der Waals surface area contributed by atoms with Crippen molar-refractivity contribution in [1.82, 2.24) is 4.68 Å². The van der Waals surface area contributed by atoms with E-state index in [1.54, 1.807) is 42.5 Å². The summed E-state index contributed by atoms with van der Waals surface area (Å²) in [6.45, 7) is 6.66. The number of carbonyl (C=O) groups excluding carboxylic acids is 3. The van der Waals surface area contributed by atoms with Crippen molar-refractivity contribution in [2.75, 3.05) is 22.7 Å². The number of ether oxygens (including phenoxy) is 1. The number of hydrogen-bond acceptors (Lipinski definition) is 4. The molecule has 0 aliphatic carbocycles. The number of nitrogens with one attached hydrogen (secondary N) is 3. The molecule has 0 aliphatic heterocycles. The van der Waals surface area contributed by atoms with Crippen molar-refractivity contribution in [1.29, 1.82) is 0 Å². The van der Waals surface area contributed by atoms with Crippen LogP contribution in [-0.4, -0.2) is 29.0 Å². The third-order valence-corrected chi connectivity index (χ3v) is 6.55. The second-order valence-electron chi connectivity index (χ2n) is 8.94. The van der Waals surface area contributed by atoms with Crippen LogP contribution in [0.1, 0.15) is 41.4 Å². The average Bonchev–Trinajstić information content (AvgIpc) is 3.24. The van der Waals surface area contributed by atoms with E-state index in [1.807, 2.05) is 38.1 Å². The molecule has 4 rings (SSSR count). The van der Waals surface area contributed by atoms with E-state index in [1.165, 1.54) is 4.68 Å². The highest BCUT2D eigenvalue weighted by Crippen LogP contribution is 2.24. The van der Waals surface area contributed by atoms with Crippen LogP contribution >= 0.6 is 15.9 Å². The van der Waals surface area contributed by atoms with Gasteiger partial charge in [-0.1, -0.05) is 35.3 Å². The number of aromatic nitrogens is 1. The predicted octanol–water partition coefficient (Wildman–Crippen LogP) is 6.16. The summed E-state index contributed by atoms with van der Waals surface area (Å²) in [6.07, 6.45) is 1.99. The molecule has 0 aliphatic rings. The van der Waals surface area contributed by atoms with E-state index < -0.39 is 17.7 Å². The number of aryl methyl sites for hydroxylation is 2. The molecule has 0 fully saturated rings. The van der Waals surface area contributed by atoms with E-state index in [0.717, 1.165) is 28.4 Å². The smallest absolute Gasteiger partial charge is 0.328 e. The largest absolute Gasteiger partial charge is 0.494 e. The van der Waals surface area contributed by atoms with Crippen molar-refractivity contribution in [3.05, 3.63) is 88.0 Å². The molecule has 0 saturated carbocycles. The van der Waals surface area contributed by atoms with Crippen LogP contribution < -0.4 is 20.8 Å². The Balaban J connectivity index is 1.52. The van der Waals surface area contributed by atoms with Gasteiger partial charge < -0.3 is 15.4 Å². The molecular formula is C29H29BrN4O4. The van der Waals surface area contributed by atoms with Crippen LogP contribution in [0.5, 0.6) is 5.75 Å². The Morgan fingerprint density at radius 1 is 0.842 bits per heavy atom. The van der Waals surface area contributed by atoms with Crippen molar-refractivity contribution in [3.63, 3.8) is 0 Å². The fraction of sp³-hybridized carbons (Fsp3) is 0.207. The van der Waals surface area contributed by atoms with E-state index in [0.29, 0.717) is 34.6 Å². The third kappa shape index (κ3) is 6.41. The highest BCUT2D eigenvalue weighted by Gasteiger charge is 2.21. The van der Waals surface area contributed by atoms with Gasteiger partial charge in [-0.05, 0) is 92.1 Å². The molecular weight excluding hydrogens is 548 g/mol. The summed E-state index contributed by atoms with van der Waals surface area (Å²) in [4.78, 5) is 38.8. The molecule has 0 unspecified atom stereocenters. The molecule has 0 atom stereocenters. The number of hydrogen-bond donors (Lipinski definition) is 3. The quantitative estimate of drug-likeness (QED) is 0.173. The normalized spacial score (nSPS) is 10.7. The first-order valence-corrected chi connectivity index (χ1v) is 13.1. The molecule has 0 saturated heterocycles. The topological polar surface area (TPSA) is 101 Å². The fourth-order valence-electron chi connectivity index (χ4n) is 3.80. The van der Waals surface area contributed by atoms with Crippen LogP contribution in [0.25, 0.3) is 10.9 Å². The second-order valence-corrected chi connectivity index (χ2v) is 9.86. The summed E-state index contributed by atoms with van der Waals surface area (Å²) in [5, 5.41) is 6.16. The Hall–Kier alpha value is -4.11. The highest BCUT2D eigenvalue weighted by molar-refractivity contribution is 9.10. The molecule has 0 radical (unpaired) electrons. The number of unbranched alkanes of at least 4 members (excludes halogenated alkanes) is 1. The zero-order valence-corrected chi connectivity index (χ0v) is 23.0. The van der Waals surface area contributed by atoms with Crippen LogP contribution in [0.4, 0.5) is 11.4 Å². The van der Waals surface area contributed by atoms with Gasteiger partial charge in [-0.15, -0.1) is 0 Å². The van der Waals surface area contributed by atoms with Gasteiger partial charge in [0.2, 0.25) is 0 Å². The number of nitrogens with zero attached hydrogens (tertiary/aromatic N) is 1. The lowest BCUT2D eigenvalue weighted by molar-refractivity contribution is -0.133. The van der Waals surface area contributed by atoms with Gasteiger partial charge in [-0.3, -0.25) is 19.8 Å². The molecule has 38 heavy (non-hydrogen) atoms. The van der Waals surface area contributed by atoms with Gasteiger partial charge in [0.1, 0.15) is 11.4 Å². The van der Waals surface area contributed by atoms with Crippen LogP contribution in [0.2, 0.25) is 0 Å². The first-order chi connectivity index (χ1) is 18.2. The molecule has 8 nitrogen and oxygen atoms in total. The molecule has 1 aromatic heterocycles. The molecule has 0 spiro atoms. The summed E-state index contributed by atoms with van der Waals surface area (Å²) >= 11 is 3.44. The number of carbonyl (C=O) groups is 3. The Bertz CT molecular complexity index is 1490. The maximum absolute atomic E-state index is 13.2. The van der Waals surface area contributed by atoms with Gasteiger partial charge in [0.05, 0.1) is 12.1 Å². The second kappa shape index (κ2) is 12.0. The summed E-state index contributed by atoms with van der Waals surface area (Å²) < 4.78 is 7.77. The van der Waals surface area contributed by atoms with Crippen molar-refractivity contribution in [2.24, 2.45) is 0 Å². The Labute approximate surface area is 229 Å². The lowest BCUT2D eigenvalue weighted by Crippen LogP contribution is -2.36. The maximum Gasteiger partial charge on any atom is 0.328 e. The van der Waals surface area contributed by atoms with Crippen molar-refractivity contribution in [3.8, 4) is 5.75 Å². The van der Waals surface area contributed by atoms with Gasteiger partial charge >= 0.3 is 11.8 Å². The summed E-state index contributed by atoms with van der Waals surface area (Å²) in [5.41, 5.74) is 6.53. The molecule has 3 N–H and O–H groups in total. The van der Waals surface area contributed by atoms with Crippen molar-refractivity contribution in [2.45, 2.75) is 33.6 Å². The number of amides is 3. The number of anilines is 2. The zero-order valence-electron chi connectivity index (χ0n) is 21.4. The minimum absolute atomic E-state index is 0.172. The summed E-state index contributed by atoms with van der Waals surface area (Å²) in [5.74, 6) is -1.54. The molecule has 9 heteroatoms. The first-order valence-electron chi connectivity index (χ1n) is 12.3. The van der Waals surface area contributed by atoms with E-state index in [-0.39, 0.29) is 5.69 Å². The Morgan fingerprint density at radius 2 is 1.58 bits per heavy atom. The van der Waals surface area contributed by atoms with E-state index in [2.05, 4.69) is 38.9 Å². The Kier molecular flexibility index (Phi) is 8.48. The minimum Gasteiger partial charge on any atom is -0.494 e.